The maximum atomic E-state index is 6.14. The van der Waals surface area contributed by atoms with Gasteiger partial charge in [0, 0.05) is 11.0 Å². The molecule has 0 bridgehead atoms. The number of hydrogen-bond donors (Lipinski definition) is 1. The van der Waals surface area contributed by atoms with Gasteiger partial charge in [-0.15, -0.1) is 12.4 Å². The van der Waals surface area contributed by atoms with Crippen LogP contribution in [0.5, 0.6) is 0 Å². The van der Waals surface area contributed by atoms with Gasteiger partial charge in [0.1, 0.15) is 0 Å². The predicted molar refractivity (Wildman–Crippen MR) is 61.8 cm³/mol. The summed E-state index contributed by atoms with van der Waals surface area (Å²) in [5.41, 5.74) is 2.62. The second-order valence-electron chi connectivity index (χ2n) is 2.93. The highest BCUT2D eigenvalue weighted by molar-refractivity contribution is 9.10. The standard InChI is InChI=1S/C9H9BrClN.ClH/c10-8-2-1-6-5-12-4-3-7(6)9(8)11;/h1-2,12H,3-5H2;1H. The molecule has 0 fully saturated rings. The third-order valence-corrected chi connectivity index (χ3v) is 3.48. The summed E-state index contributed by atoms with van der Waals surface area (Å²) in [6.45, 7) is 1.98. The van der Waals surface area contributed by atoms with E-state index in [0.717, 1.165) is 29.0 Å². The number of benzene rings is 1. The molecule has 1 aromatic carbocycles. The first-order chi connectivity index (χ1) is 5.79. The molecule has 1 heterocycles. The molecule has 1 nitrogen and oxygen atoms in total. The zero-order valence-corrected chi connectivity index (χ0v) is 10.1. The Morgan fingerprint density at radius 1 is 1.38 bits per heavy atom. The smallest absolute Gasteiger partial charge is 0.0583 e. The summed E-state index contributed by atoms with van der Waals surface area (Å²) in [7, 11) is 0. The van der Waals surface area contributed by atoms with Crippen molar-refractivity contribution in [3.63, 3.8) is 0 Å². The van der Waals surface area contributed by atoms with Crippen molar-refractivity contribution in [3.05, 3.63) is 32.8 Å². The van der Waals surface area contributed by atoms with Crippen molar-refractivity contribution in [1.82, 2.24) is 5.32 Å². The van der Waals surface area contributed by atoms with Crippen LogP contribution in [0.1, 0.15) is 11.1 Å². The molecule has 0 saturated heterocycles. The fraction of sp³-hybridized carbons (Fsp3) is 0.333. The summed E-state index contributed by atoms with van der Waals surface area (Å²) < 4.78 is 1.00. The number of nitrogens with one attached hydrogen (secondary N) is 1. The van der Waals surface area contributed by atoms with Crippen molar-refractivity contribution in [1.29, 1.82) is 0 Å². The van der Waals surface area contributed by atoms with Crippen molar-refractivity contribution in [2.45, 2.75) is 13.0 Å². The maximum absolute atomic E-state index is 6.14. The van der Waals surface area contributed by atoms with E-state index < -0.39 is 0 Å². The molecule has 0 unspecified atom stereocenters. The zero-order chi connectivity index (χ0) is 8.55. The van der Waals surface area contributed by atoms with Crippen molar-refractivity contribution in [2.24, 2.45) is 0 Å². The summed E-state index contributed by atoms with van der Waals surface area (Å²) in [4.78, 5) is 0. The molecule has 0 saturated carbocycles. The van der Waals surface area contributed by atoms with Gasteiger partial charge in [0.15, 0.2) is 0 Å². The first-order valence-corrected chi connectivity index (χ1v) is 5.12. The molecule has 0 aliphatic carbocycles. The van der Waals surface area contributed by atoms with Crippen LogP contribution in [0.15, 0.2) is 16.6 Å². The van der Waals surface area contributed by atoms with Gasteiger partial charge in [-0.2, -0.15) is 0 Å². The Morgan fingerprint density at radius 3 is 2.92 bits per heavy atom. The molecule has 0 radical (unpaired) electrons. The molecule has 0 amide bonds. The van der Waals surface area contributed by atoms with Crippen molar-refractivity contribution in [3.8, 4) is 0 Å². The first-order valence-electron chi connectivity index (χ1n) is 3.95. The Hall–Kier alpha value is 0.240. The SMILES string of the molecule is Cl.Clc1c(Br)ccc2c1CCNC2. The van der Waals surface area contributed by atoms with E-state index in [1.807, 2.05) is 6.07 Å². The molecule has 2 rings (SSSR count). The lowest BCUT2D eigenvalue weighted by molar-refractivity contribution is 0.643. The molecule has 1 aliphatic heterocycles. The molecule has 1 aliphatic rings. The van der Waals surface area contributed by atoms with Crippen LogP contribution in [0, 0.1) is 0 Å². The number of hydrogen-bond acceptors (Lipinski definition) is 1. The van der Waals surface area contributed by atoms with Gasteiger partial charge in [-0.05, 0) is 46.1 Å². The highest BCUT2D eigenvalue weighted by atomic mass is 79.9. The first kappa shape index (κ1) is 11.3. The van der Waals surface area contributed by atoms with E-state index in [0.29, 0.717) is 0 Å². The van der Waals surface area contributed by atoms with Crippen LogP contribution in [0.2, 0.25) is 5.02 Å². The fourth-order valence-corrected chi connectivity index (χ4v) is 2.16. The van der Waals surface area contributed by atoms with E-state index in [4.69, 9.17) is 11.6 Å². The molecule has 0 atom stereocenters. The number of halogens is 3. The maximum Gasteiger partial charge on any atom is 0.0583 e. The minimum atomic E-state index is 0. The van der Waals surface area contributed by atoms with Gasteiger partial charge in [0.05, 0.1) is 5.02 Å². The van der Waals surface area contributed by atoms with Crippen molar-refractivity contribution < 1.29 is 0 Å². The van der Waals surface area contributed by atoms with Crippen molar-refractivity contribution >= 4 is 39.9 Å². The molecular formula is C9H10BrCl2N. The average molecular weight is 283 g/mol. The lowest BCUT2D eigenvalue weighted by atomic mass is 10.0. The van der Waals surface area contributed by atoms with Crippen LogP contribution in [0.25, 0.3) is 0 Å². The van der Waals surface area contributed by atoms with Crippen LogP contribution >= 0.6 is 39.9 Å². The minimum absolute atomic E-state index is 0. The Morgan fingerprint density at radius 2 is 2.15 bits per heavy atom. The molecule has 13 heavy (non-hydrogen) atoms. The molecule has 4 heteroatoms. The van der Waals surface area contributed by atoms with Crippen LogP contribution in [-0.2, 0) is 13.0 Å². The topological polar surface area (TPSA) is 12.0 Å². The van der Waals surface area contributed by atoms with Crippen LogP contribution in [0.4, 0.5) is 0 Å². The highest BCUT2D eigenvalue weighted by Crippen LogP contribution is 2.30. The van der Waals surface area contributed by atoms with Gasteiger partial charge in [-0.3, -0.25) is 0 Å². The van der Waals surface area contributed by atoms with Crippen LogP contribution < -0.4 is 5.32 Å². The summed E-state index contributed by atoms with van der Waals surface area (Å²) in [6, 6.07) is 4.13. The van der Waals surface area contributed by atoms with Crippen LogP contribution in [0.3, 0.4) is 0 Å². The molecular weight excluding hydrogens is 273 g/mol. The second kappa shape index (κ2) is 4.65. The van der Waals surface area contributed by atoms with Crippen molar-refractivity contribution in [2.75, 3.05) is 6.54 Å². The van der Waals surface area contributed by atoms with E-state index in [1.165, 1.54) is 11.1 Å². The normalized spacial score (nSPS) is 14.6. The summed E-state index contributed by atoms with van der Waals surface area (Å²) >= 11 is 9.56. The molecule has 1 N–H and O–H groups in total. The second-order valence-corrected chi connectivity index (χ2v) is 4.16. The Kier molecular flexibility index (Phi) is 4.05. The molecule has 0 aromatic heterocycles. The third-order valence-electron chi connectivity index (χ3n) is 2.16. The van der Waals surface area contributed by atoms with E-state index >= 15 is 0 Å². The molecule has 72 valence electrons. The Bertz CT molecular complexity index is 315. The Balaban J connectivity index is 0.000000845. The zero-order valence-electron chi connectivity index (χ0n) is 6.94. The van der Waals surface area contributed by atoms with Gasteiger partial charge < -0.3 is 5.32 Å². The van der Waals surface area contributed by atoms with E-state index in [9.17, 15) is 0 Å². The quantitative estimate of drug-likeness (QED) is 0.771. The number of fused-ring (bicyclic) bond motifs is 1. The largest absolute Gasteiger partial charge is 0.312 e. The van der Waals surface area contributed by atoms with Gasteiger partial charge in [0.2, 0.25) is 0 Å². The third kappa shape index (κ3) is 2.18. The lowest BCUT2D eigenvalue weighted by Crippen LogP contribution is -2.23. The van der Waals surface area contributed by atoms with E-state index in [1.54, 1.807) is 0 Å². The van der Waals surface area contributed by atoms with Gasteiger partial charge in [-0.1, -0.05) is 17.7 Å². The predicted octanol–water partition coefficient (Wildman–Crippen LogP) is 3.17. The van der Waals surface area contributed by atoms with Gasteiger partial charge >= 0.3 is 0 Å². The monoisotopic (exact) mass is 281 g/mol. The molecule has 1 aromatic rings. The minimum Gasteiger partial charge on any atom is -0.312 e. The van der Waals surface area contributed by atoms with Gasteiger partial charge in [-0.25, -0.2) is 0 Å². The number of rotatable bonds is 0. The van der Waals surface area contributed by atoms with Crippen LogP contribution in [-0.4, -0.2) is 6.54 Å². The fourth-order valence-electron chi connectivity index (χ4n) is 1.50. The highest BCUT2D eigenvalue weighted by Gasteiger charge is 2.13. The van der Waals surface area contributed by atoms with Gasteiger partial charge in [0.25, 0.3) is 0 Å². The van der Waals surface area contributed by atoms with E-state index in [2.05, 4.69) is 27.3 Å². The summed E-state index contributed by atoms with van der Waals surface area (Å²) in [6.07, 6.45) is 1.04. The molecule has 0 spiro atoms. The van der Waals surface area contributed by atoms with E-state index in [-0.39, 0.29) is 12.4 Å². The lowest BCUT2D eigenvalue weighted by Gasteiger charge is -2.18. The summed E-state index contributed by atoms with van der Waals surface area (Å²) in [5.74, 6) is 0. The Labute approximate surface area is 97.4 Å². The average Bonchev–Trinajstić information content (AvgIpc) is 2.12. The summed E-state index contributed by atoms with van der Waals surface area (Å²) in [5, 5.41) is 4.20.